The highest BCUT2D eigenvalue weighted by atomic mass is 35.5. The van der Waals surface area contributed by atoms with Crippen molar-refractivity contribution < 1.29 is 9.66 Å². The standard InChI is InChI=1S/C14H12Cl2N2O3/c1-21-14-5-2-10(15)6-9(14)8-17-11-3-4-12(16)13(7-11)18(19)20/h2-7,17H,8H2,1H3. The summed E-state index contributed by atoms with van der Waals surface area (Å²) >= 11 is 11.7. The molecule has 2 rings (SSSR count). The fraction of sp³-hybridized carbons (Fsp3) is 0.143. The van der Waals surface area contributed by atoms with Gasteiger partial charge in [0.05, 0.1) is 12.0 Å². The van der Waals surface area contributed by atoms with Gasteiger partial charge < -0.3 is 10.1 Å². The van der Waals surface area contributed by atoms with Gasteiger partial charge in [-0.15, -0.1) is 0 Å². The third-order valence-corrected chi connectivity index (χ3v) is 3.42. The first-order chi connectivity index (χ1) is 10.0. The first kappa shape index (κ1) is 15.4. The average Bonchev–Trinajstić information content (AvgIpc) is 2.46. The van der Waals surface area contributed by atoms with Crippen LogP contribution in [0.3, 0.4) is 0 Å². The number of hydrogen-bond acceptors (Lipinski definition) is 4. The summed E-state index contributed by atoms with van der Waals surface area (Å²) in [5.74, 6) is 0.690. The summed E-state index contributed by atoms with van der Waals surface area (Å²) < 4.78 is 5.24. The molecule has 1 N–H and O–H groups in total. The predicted octanol–water partition coefficient (Wildman–Crippen LogP) is 4.52. The van der Waals surface area contributed by atoms with Crippen LogP contribution in [0.5, 0.6) is 5.75 Å². The van der Waals surface area contributed by atoms with Crippen molar-refractivity contribution in [2.45, 2.75) is 6.54 Å². The fourth-order valence-corrected chi connectivity index (χ4v) is 2.23. The minimum atomic E-state index is -0.520. The maximum atomic E-state index is 10.8. The molecule has 110 valence electrons. The Morgan fingerprint density at radius 2 is 2.00 bits per heavy atom. The molecule has 7 heteroatoms. The van der Waals surface area contributed by atoms with E-state index in [4.69, 9.17) is 27.9 Å². The van der Waals surface area contributed by atoms with E-state index in [1.165, 1.54) is 12.1 Å². The summed E-state index contributed by atoms with van der Waals surface area (Å²) in [4.78, 5) is 10.3. The number of hydrogen-bond donors (Lipinski definition) is 1. The summed E-state index contributed by atoms with van der Waals surface area (Å²) in [6.07, 6.45) is 0. The molecule has 0 heterocycles. The molecular weight excluding hydrogens is 315 g/mol. The Hall–Kier alpha value is -1.98. The van der Waals surface area contributed by atoms with Crippen LogP contribution in [0.1, 0.15) is 5.56 Å². The highest BCUT2D eigenvalue weighted by Crippen LogP contribution is 2.28. The molecule has 2 aromatic rings. The number of nitro groups is 1. The number of anilines is 1. The first-order valence-electron chi connectivity index (χ1n) is 6.01. The maximum absolute atomic E-state index is 10.8. The zero-order valence-corrected chi connectivity index (χ0v) is 12.6. The van der Waals surface area contributed by atoms with Crippen molar-refractivity contribution in [3.63, 3.8) is 0 Å². The largest absolute Gasteiger partial charge is 0.496 e. The van der Waals surface area contributed by atoms with Crippen LogP contribution in [0.2, 0.25) is 10.0 Å². The number of halogens is 2. The highest BCUT2D eigenvalue weighted by Gasteiger charge is 2.13. The van der Waals surface area contributed by atoms with E-state index in [0.29, 0.717) is 23.0 Å². The molecule has 21 heavy (non-hydrogen) atoms. The molecule has 0 aromatic heterocycles. The van der Waals surface area contributed by atoms with E-state index in [2.05, 4.69) is 5.32 Å². The van der Waals surface area contributed by atoms with Gasteiger partial charge in [-0.1, -0.05) is 23.2 Å². The maximum Gasteiger partial charge on any atom is 0.289 e. The van der Waals surface area contributed by atoms with Crippen LogP contribution in [-0.4, -0.2) is 12.0 Å². The van der Waals surface area contributed by atoms with E-state index in [1.807, 2.05) is 0 Å². The summed E-state index contributed by atoms with van der Waals surface area (Å²) in [5, 5.41) is 14.6. The smallest absolute Gasteiger partial charge is 0.289 e. The zero-order chi connectivity index (χ0) is 15.4. The average molecular weight is 327 g/mol. The minimum absolute atomic E-state index is 0.103. The lowest BCUT2D eigenvalue weighted by Crippen LogP contribution is -2.02. The second-order valence-electron chi connectivity index (χ2n) is 4.23. The molecule has 0 fully saturated rings. The minimum Gasteiger partial charge on any atom is -0.496 e. The molecule has 0 saturated heterocycles. The van der Waals surface area contributed by atoms with E-state index in [-0.39, 0.29) is 10.7 Å². The zero-order valence-electron chi connectivity index (χ0n) is 11.1. The number of nitro benzene ring substituents is 1. The molecule has 0 aliphatic rings. The van der Waals surface area contributed by atoms with E-state index >= 15 is 0 Å². The third-order valence-electron chi connectivity index (χ3n) is 2.87. The Kier molecular flexibility index (Phi) is 4.88. The van der Waals surface area contributed by atoms with Crippen LogP contribution in [0.15, 0.2) is 36.4 Å². The lowest BCUT2D eigenvalue weighted by molar-refractivity contribution is -0.384. The van der Waals surface area contributed by atoms with Crippen LogP contribution >= 0.6 is 23.2 Å². The van der Waals surface area contributed by atoms with Crippen molar-refractivity contribution in [2.75, 3.05) is 12.4 Å². The topological polar surface area (TPSA) is 64.4 Å². The molecular formula is C14H12Cl2N2O3. The molecule has 0 atom stereocenters. The van der Waals surface area contributed by atoms with Crippen LogP contribution < -0.4 is 10.1 Å². The molecule has 0 saturated carbocycles. The predicted molar refractivity (Wildman–Crippen MR) is 83.4 cm³/mol. The number of rotatable bonds is 5. The van der Waals surface area contributed by atoms with Gasteiger partial charge >= 0.3 is 0 Å². The molecule has 0 bridgehead atoms. The quantitative estimate of drug-likeness (QED) is 0.648. The van der Waals surface area contributed by atoms with Crippen LogP contribution in [0.25, 0.3) is 0 Å². The second-order valence-corrected chi connectivity index (χ2v) is 5.08. The van der Waals surface area contributed by atoms with Gasteiger partial charge in [-0.2, -0.15) is 0 Å². The SMILES string of the molecule is COc1ccc(Cl)cc1CNc1ccc(Cl)c([N+](=O)[O-])c1. The Bertz CT molecular complexity index is 677. The summed E-state index contributed by atoms with van der Waals surface area (Å²) in [6.45, 7) is 0.419. The number of methoxy groups -OCH3 is 1. The van der Waals surface area contributed by atoms with Crippen molar-refractivity contribution in [1.82, 2.24) is 0 Å². The number of benzene rings is 2. The van der Waals surface area contributed by atoms with Crippen molar-refractivity contribution in [3.8, 4) is 5.75 Å². The van der Waals surface area contributed by atoms with Crippen molar-refractivity contribution >= 4 is 34.6 Å². The van der Waals surface area contributed by atoms with Gasteiger partial charge in [0.15, 0.2) is 0 Å². The second kappa shape index (κ2) is 6.65. The van der Waals surface area contributed by atoms with Gasteiger partial charge in [-0.25, -0.2) is 0 Å². The van der Waals surface area contributed by atoms with Crippen LogP contribution in [-0.2, 0) is 6.54 Å². The molecule has 0 aliphatic heterocycles. The van der Waals surface area contributed by atoms with Crippen LogP contribution in [0.4, 0.5) is 11.4 Å². The van der Waals surface area contributed by atoms with E-state index in [0.717, 1.165) is 5.56 Å². The molecule has 5 nitrogen and oxygen atoms in total. The van der Waals surface area contributed by atoms with Gasteiger partial charge in [0, 0.05) is 28.9 Å². The van der Waals surface area contributed by atoms with Gasteiger partial charge in [0.25, 0.3) is 5.69 Å². The molecule has 0 spiro atoms. The van der Waals surface area contributed by atoms with Crippen molar-refractivity contribution in [3.05, 3.63) is 62.1 Å². The number of nitrogens with one attached hydrogen (secondary N) is 1. The van der Waals surface area contributed by atoms with Crippen LogP contribution in [0, 0.1) is 10.1 Å². The molecule has 2 aromatic carbocycles. The summed E-state index contributed by atoms with van der Waals surface area (Å²) in [6, 6.07) is 9.82. The molecule has 0 aliphatic carbocycles. The molecule has 0 radical (unpaired) electrons. The summed E-state index contributed by atoms with van der Waals surface area (Å²) in [5.41, 5.74) is 1.30. The van der Waals surface area contributed by atoms with Gasteiger partial charge in [0.2, 0.25) is 0 Å². The monoisotopic (exact) mass is 326 g/mol. The molecule has 0 unspecified atom stereocenters. The van der Waals surface area contributed by atoms with Gasteiger partial charge in [-0.05, 0) is 30.3 Å². The third kappa shape index (κ3) is 3.77. The van der Waals surface area contributed by atoms with Crippen molar-refractivity contribution in [1.29, 1.82) is 0 Å². The first-order valence-corrected chi connectivity index (χ1v) is 6.77. The fourth-order valence-electron chi connectivity index (χ4n) is 1.85. The number of nitrogens with zero attached hydrogens (tertiary/aromatic N) is 1. The number of ether oxygens (including phenoxy) is 1. The molecule has 0 amide bonds. The van der Waals surface area contributed by atoms with Gasteiger partial charge in [-0.3, -0.25) is 10.1 Å². The lowest BCUT2D eigenvalue weighted by Gasteiger charge is -2.11. The normalized spacial score (nSPS) is 10.2. The van der Waals surface area contributed by atoms with E-state index in [1.54, 1.807) is 31.4 Å². The lowest BCUT2D eigenvalue weighted by atomic mass is 10.2. The Morgan fingerprint density at radius 3 is 2.67 bits per heavy atom. The Morgan fingerprint density at radius 1 is 1.24 bits per heavy atom. The Labute approximate surface area is 131 Å². The Balaban J connectivity index is 2.19. The van der Waals surface area contributed by atoms with Crippen molar-refractivity contribution in [2.24, 2.45) is 0 Å². The highest BCUT2D eigenvalue weighted by molar-refractivity contribution is 6.32. The van der Waals surface area contributed by atoms with Gasteiger partial charge in [0.1, 0.15) is 10.8 Å². The van der Waals surface area contributed by atoms with E-state index < -0.39 is 4.92 Å². The summed E-state index contributed by atoms with van der Waals surface area (Å²) in [7, 11) is 1.57. The van der Waals surface area contributed by atoms with E-state index in [9.17, 15) is 10.1 Å².